The SMILES string of the molecule is NC(O)Cc1ccc2ccccc2c1. The normalized spacial score (nSPS) is 13.0. The highest BCUT2D eigenvalue weighted by molar-refractivity contribution is 5.82. The molecule has 72 valence electrons. The molecule has 0 heterocycles. The zero-order valence-electron chi connectivity index (χ0n) is 7.85. The van der Waals surface area contributed by atoms with E-state index < -0.39 is 6.23 Å². The molecule has 0 aromatic heterocycles. The summed E-state index contributed by atoms with van der Waals surface area (Å²) in [6.45, 7) is 0. The summed E-state index contributed by atoms with van der Waals surface area (Å²) in [7, 11) is 0. The second kappa shape index (κ2) is 3.78. The fourth-order valence-electron chi connectivity index (χ4n) is 1.61. The van der Waals surface area contributed by atoms with Crippen molar-refractivity contribution in [2.75, 3.05) is 0 Å². The van der Waals surface area contributed by atoms with E-state index >= 15 is 0 Å². The van der Waals surface area contributed by atoms with Crippen LogP contribution in [-0.4, -0.2) is 11.3 Å². The van der Waals surface area contributed by atoms with Gasteiger partial charge >= 0.3 is 0 Å². The Hall–Kier alpha value is -1.38. The van der Waals surface area contributed by atoms with Crippen LogP contribution in [0.1, 0.15) is 5.56 Å². The van der Waals surface area contributed by atoms with Crippen LogP contribution in [0.2, 0.25) is 0 Å². The van der Waals surface area contributed by atoms with Crippen LogP contribution in [0.25, 0.3) is 10.8 Å². The van der Waals surface area contributed by atoms with E-state index in [-0.39, 0.29) is 0 Å². The Balaban J connectivity index is 2.41. The number of benzene rings is 2. The van der Waals surface area contributed by atoms with Gasteiger partial charge in [0.15, 0.2) is 0 Å². The third kappa shape index (κ3) is 1.92. The monoisotopic (exact) mass is 187 g/mol. The van der Waals surface area contributed by atoms with E-state index in [1.807, 2.05) is 24.3 Å². The first-order chi connectivity index (χ1) is 6.75. The van der Waals surface area contributed by atoms with Crippen molar-refractivity contribution in [1.29, 1.82) is 0 Å². The van der Waals surface area contributed by atoms with Gasteiger partial charge < -0.3 is 10.8 Å². The van der Waals surface area contributed by atoms with Gasteiger partial charge in [0.25, 0.3) is 0 Å². The maximum absolute atomic E-state index is 9.06. The molecule has 0 aliphatic rings. The standard InChI is InChI=1S/C12H13NO/c13-12(14)8-9-5-6-10-3-1-2-4-11(10)7-9/h1-7,12,14H,8,13H2. The summed E-state index contributed by atoms with van der Waals surface area (Å²) in [4.78, 5) is 0. The quantitative estimate of drug-likeness (QED) is 0.702. The molecule has 2 aromatic rings. The van der Waals surface area contributed by atoms with Crippen LogP contribution in [0.5, 0.6) is 0 Å². The molecule has 14 heavy (non-hydrogen) atoms. The van der Waals surface area contributed by atoms with Gasteiger partial charge in [-0.1, -0.05) is 42.5 Å². The molecule has 2 aromatic carbocycles. The van der Waals surface area contributed by atoms with Gasteiger partial charge in [-0.25, -0.2) is 0 Å². The van der Waals surface area contributed by atoms with Crippen LogP contribution in [-0.2, 0) is 6.42 Å². The summed E-state index contributed by atoms with van der Waals surface area (Å²) >= 11 is 0. The zero-order valence-corrected chi connectivity index (χ0v) is 7.85. The maximum Gasteiger partial charge on any atom is 0.106 e. The molecular formula is C12H13NO. The molecule has 1 unspecified atom stereocenters. The summed E-state index contributed by atoms with van der Waals surface area (Å²) in [5.74, 6) is 0. The number of nitrogens with two attached hydrogens (primary N) is 1. The molecule has 0 bridgehead atoms. The zero-order chi connectivity index (χ0) is 9.97. The highest BCUT2D eigenvalue weighted by Crippen LogP contribution is 2.15. The first-order valence-electron chi connectivity index (χ1n) is 4.67. The van der Waals surface area contributed by atoms with E-state index in [0.29, 0.717) is 6.42 Å². The summed E-state index contributed by atoms with van der Waals surface area (Å²) in [5, 5.41) is 11.5. The molecule has 3 N–H and O–H groups in total. The lowest BCUT2D eigenvalue weighted by atomic mass is 10.0. The molecule has 0 radical (unpaired) electrons. The molecular weight excluding hydrogens is 174 g/mol. The minimum absolute atomic E-state index is 0.505. The van der Waals surface area contributed by atoms with Crippen LogP contribution in [0.4, 0.5) is 0 Å². The van der Waals surface area contributed by atoms with Crippen LogP contribution >= 0.6 is 0 Å². The van der Waals surface area contributed by atoms with Crippen molar-refractivity contribution in [3.63, 3.8) is 0 Å². The largest absolute Gasteiger partial charge is 0.378 e. The fourth-order valence-corrected chi connectivity index (χ4v) is 1.61. The maximum atomic E-state index is 9.06. The van der Waals surface area contributed by atoms with Gasteiger partial charge in [0, 0.05) is 6.42 Å². The summed E-state index contributed by atoms with van der Waals surface area (Å²) in [6.07, 6.45) is -0.263. The van der Waals surface area contributed by atoms with Crippen LogP contribution in [0, 0.1) is 0 Å². The molecule has 1 atom stereocenters. The number of aliphatic hydroxyl groups is 1. The Morgan fingerprint density at radius 1 is 1.07 bits per heavy atom. The third-order valence-corrected chi connectivity index (χ3v) is 2.26. The summed E-state index contributed by atoms with van der Waals surface area (Å²) in [6, 6.07) is 14.3. The lowest BCUT2D eigenvalue weighted by Crippen LogP contribution is -2.21. The predicted molar refractivity (Wildman–Crippen MR) is 57.8 cm³/mol. The van der Waals surface area contributed by atoms with Gasteiger partial charge in [-0.05, 0) is 16.3 Å². The van der Waals surface area contributed by atoms with Crippen LogP contribution < -0.4 is 5.73 Å². The molecule has 0 saturated heterocycles. The van der Waals surface area contributed by atoms with E-state index in [0.717, 1.165) is 5.56 Å². The van der Waals surface area contributed by atoms with Gasteiger partial charge in [-0.3, -0.25) is 0 Å². The molecule has 0 aliphatic heterocycles. The second-order valence-electron chi connectivity index (χ2n) is 3.45. The topological polar surface area (TPSA) is 46.2 Å². The lowest BCUT2D eigenvalue weighted by Gasteiger charge is -2.05. The minimum atomic E-state index is -0.767. The molecule has 0 amide bonds. The summed E-state index contributed by atoms with van der Waals surface area (Å²) in [5.41, 5.74) is 6.39. The van der Waals surface area contributed by atoms with E-state index in [9.17, 15) is 0 Å². The first-order valence-corrected chi connectivity index (χ1v) is 4.67. The van der Waals surface area contributed by atoms with E-state index in [2.05, 4.69) is 18.2 Å². The van der Waals surface area contributed by atoms with Gasteiger partial charge in [0.1, 0.15) is 6.23 Å². The Morgan fingerprint density at radius 3 is 2.50 bits per heavy atom. The average Bonchev–Trinajstić information content (AvgIpc) is 2.17. The Labute approximate surface area is 83.0 Å². The van der Waals surface area contributed by atoms with Crippen molar-refractivity contribution in [1.82, 2.24) is 0 Å². The van der Waals surface area contributed by atoms with Crippen molar-refractivity contribution in [3.8, 4) is 0 Å². The molecule has 0 saturated carbocycles. The molecule has 0 fully saturated rings. The molecule has 2 heteroatoms. The first kappa shape index (κ1) is 9.19. The third-order valence-electron chi connectivity index (χ3n) is 2.26. The van der Waals surface area contributed by atoms with Gasteiger partial charge in [-0.15, -0.1) is 0 Å². The van der Waals surface area contributed by atoms with Crippen LogP contribution in [0.15, 0.2) is 42.5 Å². The van der Waals surface area contributed by atoms with Gasteiger partial charge in [-0.2, -0.15) is 0 Å². The van der Waals surface area contributed by atoms with Crippen molar-refractivity contribution in [2.45, 2.75) is 12.6 Å². The van der Waals surface area contributed by atoms with Crippen molar-refractivity contribution >= 4 is 10.8 Å². The van der Waals surface area contributed by atoms with E-state index in [1.165, 1.54) is 10.8 Å². The molecule has 2 nitrogen and oxygen atoms in total. The fraction of sp³-hybridized carbons (Fsp3) is 0.167. The molecule has 2 rings (SSSR count). The minimum Gasteiger partial charge on any atom is -0.378 e. The number of aliphatic hydroxyl groups excluding tert-OH is 1. The van der Waals surface area contributed by atoms with E-state index in [4.69, 9.17) is 10.8 Å². The molecule has 0 spiro atoms. The number of fused-ring (bicyclic) bond motifs is 1. The number of hydrogen-bond acceptors (Lipinski definition) is 2. The van der Waals surface area contributed by atoms with Crippen molar-refractivity contribution in [2.24, 2.45) is 5.73 Å². The molecule has 0 aliphatic carbocycles. The van der Waals surface area contributed by atoms with Gasteiger partial charge in [0.2, 0.25) is 0 Å². The van der Waals surface area contributed by atoms with Crippen molar-refractivity contribution in [3.05, 3.63) is 48.0 Å². The highest BCUT2D eigenvalue weighted by Gasteiger charge is 1.99. The smallest absolute Gasteiger partial charge is 0.106 e. The second-order valence-corrected chi connectivity index (χ2v) is 3.45. The summed E-state index contributed by atoms with van der Waals surface area (Å²) < 4.78 is 0. The lowest BCUT2D eigenvalue weighted by molar-refractivity contribution is 0.183. The number of rotatable bonds is 2. The Kier molecular flexibility index (Phi) is 2.48. The van der Waals surface area contributed by atoms with Crippen molar-refractivity contribution < 1.29 is 5.11 Å². The Bertz CT molecular complexity index is 437. The Morgan fingerprint density at radius 2 is 1.79 bits per heavy atom. The average molecular weight is 187 g/mol. The van der Waals surface area contributed by atoms with Gasteiger partial charge in [0.05, 0.1) is 0 Å². The van der Waals surface area contributed by atoms with Crippen LogP contribution in [0.3, 0.4) is 0 Å². The highest BCUT2D eigenvalue weighted by atomic mass is 16.3. The van der Waals surface area contributed by atoms with E-state index in [1.54, 1.807) is 0 Å². The number of hydrogen-bond donors (Lipinski definition) is 2. The predicted octanol–water partition coefficient (Wildman–Crippen LogP) is 1.66.